The molecule has 0 bridgehead atoms. The number of hydrogen-bond acceptors (Lipinski definition) is 2. The second-order valence-corrected chi connectivity index (χ2v) is 4.32. The highest BCUT2D eigenvalue weighted by Crippen LogP contribution is 2.33. The van der Waals surface area contributed by atoms with Crippen LogP contribution in [0.2, 0.25) is 0 Å². The number of allylic oxidation sites excluding steroid dienone is 2. The van der Waals surface area contributed by atoms with Gasteiger partial charge in [-0.15, -0.1) is 13.2 Å². The molecule has 0 radical (unpaired) electrons. The molecule has 1 aliphatic carbocycles. The van der Waals surface area contributed by atoms with Crippen LogP contribution in [0.3, 0.4) is 0 Å². The van der Waals surface area contributed by atoms with Crippen LogP contribution in [0.5, 0.6) is 0 Å². The molecule has 0 atom stereocenters. The minimum atomic E-state index is 0.154. The highest BCUT2D eigenvalue weighted by atomic mass is 16.5. The van der Waals surface area contributed by atoms with Crippen LogP contribution in [-0.2, 0) is 9.47 Å². The molecule has 0 heterocycles. The first-order valence-electron chi connectivity index (χ1n) is 5.85. The van der Waals surface area contributed by atoms with Gasteiger partial charge in [0, 0.05) is 5.41 Å². The molecule has 0 saturated heterocycles. The molecule has 0 saturated carbocycles. The van der Waals surface area contributed by atoms with Gasteiger partial charge in [-0.25, -0.2) is 0 Å². The third-order valence-electron chi connectivity index (χ3n) is 2.85. The Morgan fingerprint density at radius 3 is 2.12 bits per heavy atom. The lowest BCUT2D eigenvalue weighted by Gasteiger charge is -2.34. The Balaban J connectivity index is 2.42. The van der Waals surface area contributed by atoms with Gasteiger partial charge in [-0.3, -0.25) is 0 Å². The summed E-state index contributed by atoms with van der Waals surface area (Å²) in [5.74, 6) is 0. The number of ether oxygens (including phenoxy) is 2. The fraction of sp³-hybridized carbons (Fsp3) is 0.571. The molecule has 0 aromatic rings. The molecule has 1 rings (SSSR count). The van der Waals surface area contributed by atoms with Gasteiger partial charge in [-0.1, -0.05) is 24.3 Å². The Kier molecular flexibility index (Phi) is 6.12. The van der Waals surface area contributed by atoms with Crippen molar-refractivity contribution in [3.63, 3.8) is 0 Å². The highest BCUT2D eigenvalue weighted by Gasteiger charge is 2.30. The molecule has 0 spiro atoms. The third-order valence-corrected chi connectivity index (χ3v) is 2.85. The van der Waals surface area contributed by atoms with E-state index < -0.39 is 0 Å². The third kappa shape index (κ3) is 4.33. The molecule has 2 heteroatoms. The minimum Gasteiger partial charge on any atom is -0.377 e. The normalized spacial score (nSPS) is 18.2. The summed E-state index contributed by atoms with van der Waals surface area (Å²) in [6.45, 7) is 10.1. The van der Waals surface area contributed by atoms with Crippen LogP contribution >= 0.6 is 0 Å². The van der Waals surface area contributed by atoms with E-state index in [9.17, 15) is 0 Å². The maximum absolute atomic E-state index is 5.60. The van der Waals surface area contributed by atoms with Crippen molar-refractivity contribution in [3.05, 3.63) is 37.5 Å². The van der Waals surface area contributed by atoms with Crippen LogP contribution in [0, 0.1) is 5.41 Å². The smallest absolute Gasteiger partial charge is 0.0645 e. The van der Waals surface area contributed by atoms with Crippen LogP contribution in [0.25, 0.3) is 0 Å². The van der Waals surface area contributed by atoms with Crippen molar-refractivity contribution in [3.8, 4) is 0 Å². The molecule has 2 nitrogen and oxygen atoms in total. The van der Waals surface area contributed by atoms with Crippen LogP contribution in [0.4, 0.5) is 0 Å². The van der Waals surface area contributed by atoms with Crippen molar-refractivity contribution in [1.29, 1.82) is 0 Å². The Hall–Kier alpha value is -0.860. The number of rotatable bonds is 8. The molecule has 0 N–H and O–H groups in total. The van der Waals surface area contributed by atoms with Crippen molar-refractivity contribution in [2.75, 3.05) is 26.4 Å². The predicted octanol–water partition coefficient (Wildman–Crippen LogP) is 3.12. The summed E-state index contributed by atoms with van der Waals surface area (Å²) in [6, 6.07) is 0. The monoisotopic (exact) mass is 222 g/mol. The van der Waals surface area contributed by atoms with Gasteiger partial charge in [0.25, 0.3) is 0 Å². The van der Waals surface area contributed by atoms with Gasteiger partial charge in [0.05, 0.1) is 26.4 Å². The number of hydrogen-bond donors (Lipinski definition) is 0. The first kappa shape index (κ1) is 13.2. The molecule has 16 heavy (non-hydrogen) atoms. The highest BCUT2D eigenvalue weighted by molar-refractivity contribution is 4.98. The molecule has 1 aliphatic rings. The second-order valence-electron chi connectivity index (χ2n) is 4.32. The largest absolute Gasteiger partial charge is 0.377 e. The first-order valence-corrected chi connectivity index (χ1v) is 5.85. The van der Waals surface area contributed by atoms with E-state index in [1.54, 1.807) is 12.2 Å². The van der Waals surface area contributed by atoms with Crippen LogP contribution in [0.1, 0.15) is 19.3 Å². The molecule has 0 unspecified atom stereocenters. The fourth-order valence-corrected chi connectivity index (χ4v) is 1.96. The van der Waals surface area contributed by atoms with Gasteiger partial charge >= 0.3 is 0 Å². The standard InChI is InChI=1S/C14H22O2/c1-3-10-15-12-14(13-16-11-4-2)8-6-5-7-9-14/h3-6H,1-2,7-13H2. The van der Waals surface area contributed by atoms with Gasteiger partial charge in [-0.2, -0.15) is 0 Å². The van der Waals surface area contributed by atoms with E-state index in [0.717, 1.165) is 32.5 Å². The Labute approximate surface area is 98.6 Å². The van der Waals surface area contributed by atoms with Gasteiger partial charge in [0.1, 0.15) is 0 Å². The summed E-state index contributed by atoms with van der Waals surface area (Å²) in [7, 11) is 0. The van der Waals surface area contributed by atoms with Crippen LogP contribution in [0.15, 0.2) is 37.5 Å². The van der Waals surface area contributed by atoms with E-state index in [2.05, 4.69) is 25.3 Å². The maximum Gasteiger partial charge on any atom is 0.0645 e. The SMILES string of the molecule is C=CCOCC1(COCC=C)CC=CCC1. The molecule has 0 aromatic carbocycles. The fourth-order valence-electron chi connectivity index (χ4n) is 1.96. The Morgan fingerprint density at radius 2 is 1.69 bits per heavy atom. The zero-order valence-electron chi connectivity index (χ0n) is 9.99. The molecular formula is C14H22O2. The first-order chi connectivity index (χ1) is 7.83. The lowest BCUT2D eigenvalue weighted by atomic mass is 9.78. The van der Waals surface area contributed by atoms with Crippen LogP contribution in [-0.4, -0.2) is 26.4 Å². The van der Waals surface area contributed by atoms with Crippen molar-refractivity contribution in [1.82, 2.24) is 0 Å². The predicted molar refractivity (Wildman–Crippen MR) is 67.5 cm³/mol. The molecule has 0 aliphatic heterocycles. The average Bonchev–Trinajstić information content (AvgIpc) is 2.31. The van der Waals surface area contributed by atoms with Gasteiger partial charge in [-0.05, 0) is 19.3 Å². The van der Waals surface area contributed by atoms with Crippen LogP contribution < -0.4 is 0 Å². The molecule has 0 aromatic heterocycles. The Bertz CT molecular complexity index is 229. The minimum absolute atomic E-state index is 0.154. The van der Waals surface area contributed by atoms with Crippen molar-refractivity contribution in [2.24, 2.45) is 5.41 Å². The van der Waals surface area contributed by atoms with E-state index in [1.807, 2.05) is 0 Å². The van der Waals surface area contributed by atoms with Gasteiger partial charge in [0.2, 0.25) is 0 Å². The maximum atomic E-state index is 5.60. The zero-order valence-corrected chi connectivity index (χ0v) is 9.99. The quantitative estimate of drug-likeness (QED) is 0.464. The van der Waals surface area contributed by atoms with Crippen molar-refractivity contribution < 1.29 is 9.47 Å². The summed E-state index contributed by atoms with van der Waals surface area (Å²) < 4.78 is 11.2. The second kappa shape index (κ2) is 7.42. The van der Waals surface area contributed by atoms with Crippen molar-refractivity contribution in [2.45, 2.75) is 19.3 Å². The van der Waals surface area contributed by atoms with E-state index in [1.165, 1.54) is 0 Å². The van der Waals surface area contributed by atoms with E-state index >= 15 is 0 Å². The lowest BCUT2D eigenvalue weighted by molar-refractivity contribution is -0.0142. The zero-order chi connectivity index (χ0) is 11.7. The van der Waals surface area contributed by atoms with Gasteiger partial charge in [0.15, 0.2) is 0 Å². The summed E-state index contributed by atoms with van der Waals surface area (Å²) in [5.41, 5.74) is 0.154. The molecule has 90 valence electrons. The summed E-state index contributed by atoms with van der Waals surface area (Å²) in [4.78, 5) is 0. The van der Waals surface area contributed by atoms with Gasteiger partial charge < -0.3 is 9.47 Å². The Morgan fingerprint density at radius 1 is 1.06 bits per heavy atom. The summed E-state index contributed by atoms with van der Waals surface area (Å²) >= 11 is 0. The van der Waals surface area contributed by atoms with Crippen molar-refractivity contribution >= 4 is 0 Å². The summed E-state index contributed by atoms with van der Waals surface area (Å²) in [5, 5.41) is 0. The molecule has 0 fully saturated rings. The average molecular weight is 222 g/mol. The van der Waals surface area contributed by atoms with E-state index in [-0.39, 0.29) is 5.41 Å². The topological polar surface area (TPSA) is 18.5 Å². The summed E-state index contributed by atoms with van der Waals surface area (Å²) in [6.07, 6.45) is 11.3. The van der Waals surface area contributed by atoms with E-state index in [0.29, 0.717) is 13.2 Å². The molecule has 0 amide bonds. The molecular weight excluding hydrogens is 200 g/mol. The van der Waals surface area contributed by atoms with E-state index in [4.69, 9.17) is 9.47 Å². The lowest BCUT2D eigenvalue weighted by Crippen LogP contribution is -2.33.